The van der Waals surface area contributed by atoms with Gasteiger partial charge in [0.15, 0.2) is 0 Å². The van der Waals surface area contributed by atoms with Crippen molar-refractivity contribution < 1.29 is 9.84 Å². The minimum atomic E-state index is 0.229. The summed E-state index contributed by atoms with van der Waals surface area (Å²) in [5.74, 6) is 1.44. The molecule has 2 unspecified atom stereocenters. The van der Waals surface area contributed by atoms with E-state index in [9.17, 15) is 0 Å². The van der Waals surface area contributed by atoms with Gasteiger partial charge in [0.25, 0.3) is 0 Å². The average Bonchev–Trinajstić information content (AvgIpc) is 2.45. The Kier molecular flexibility index (Phi) is 7.63. The topological polar surface area (TPSA) is 41.5 Å². The molecule has 1 aromatic rings. The number of ether oxygens (including phenoxy) is 1. The van der Waals surface area contributed by atoms with Gasteiger partial charge >= 0.3 is 0 Å². The number of hydrogen-bond donors (Lipinski definition) is 2. The molecule has 0 heterocycles. The molecule has 0 fully saturated rings. The summed E-state index contributed by atoms with van der Waals surface area (Å²) in [6, 6.07) is 8.89. The van der Waals surface area contributed by atoms with Gasteiger partial charge < -0.3 is 15.2 Å². The van der Waals surface area contributed by atoms with E-state index in [0.717, 1.165) is 25.2 Å². The summed E-state index contributed by atoms with van der Waals surface area (Å²) in [5.41, 5.74) is 1.25. The van der Waals surface area contributed by atoms with Crippen LogP contribution in [0.15, 0.2) is 24.3 Å². The van der Waals surface area contributed by atoms with Crippen LogP contribution in [0.4, 0.5) is 0 Å². The van der Waals surface area contributed by atoms with Crippen LogP contribution in [0.2, 0.25) is 0 Å². The van der Waals surface area contributed by atoms with Crippen LogP contribution in [0, 0.1) is 5.92 Å². The van der Waals surface area contributed by atoms with E-state index in [-0.39, 0.29) is 12.6 Å². The molecule has 114 valence electrons. The van der Waals surface area contributed by atoms with E-state index in [2.05, 4.69) is 45.1 Å². The fourth-order valence-electron chi connectivity index (χ4n) is 2.24. The number of hydrogen-bond acceptors (Lipinski definition) is 3. The highest BCUT2D eigenvalue weighted by Gasteiger charge is 2.16. The molecule has 0 bridgehead atoms. The summed E-state index contributed by atoms with van der Waals surface area (Å²) in [7, 11) is 0. The lowest BCUT2D eigenvalue weighted by atomic mass is 9.98. The third-order valence-electron chi connectivity index (χ3n) is 3.56. The Morgan fingerprint density at radius 2 is 1.80 bits per heavy atom. The van der Waals surface area contributed by atoms with Gasteiger partial charge in [-0.2, -0.15) is 0 Å². The van der Waals surface area contributed by atoms with Crippen LogP contribution < -0.4 is 10.1 Å². The Bertz CT molecular complexity index is 362. The first kappa shape index (κ1) is 17.0. The van der Waals surface area contributed by atoms with Gasteiger partial charge in [0, 0.05) is 18.7 Å². The number of rotatable bonds is 9. The van der Waals surface area contributed by atoms with Crippen molar-refractivity contribution >= 4 is 0 Å². The van der Waals surface area contributed by atoms with Crippen molar-refractivity contribution in [2.45, 2.75) is 52.6 Å². The number of aliphatic hydroxyl groups excluding tert-OH is 1. The second-order valence-electron chi connectivity index (χ2n) is 5.67. The van der Waals surface area contributed by atoms with Crippen molar-refractivity contribution in [2.24, 2.45) is 5.92 Å². The average molecular weight is 279 g/mol. The second-order valence-corrected chi connectivity index (χ2v) is 5.67. The van der Waals surface area contributed by atoms with Crippen LogP contribution in [-0.4, -0.2) is 24.4 Å². The van der Waals surface area contributed by atoms with E-state index in [1.807, 2.05) is 12.1 Å². The third-order valence-corrected chi connectivity index (χ3v) is 3.56. The summed E-state index contributed by atoms with van der Waals surface area (Å²) in [5, 5.41) is 12.7. The first-order valence-corrected chi connectivity index (χ1v) is 7.68. The number of nitrogens with one attached hydrogen (secondary N) is 1. The standard InChI is InChI=1S/C17H29NO2/c1-5-12-20-16-8-6-15(7-9-16)14(4)18-17(10-11-19)13(2)3/h6-9,13-14,17-19H,5,10-12H2,1-4H3. The van der Waals surface area contributed by atoms with Crippen molar-refractivity contribution in [1.29, 1.82) is 0 Å². The first-order chi connectivity index (χ1) is 9.58. The van der Waals surface area contributed by atoms with E-state index in [4.69, 9.17) is 9.84 Å². The molecule has 2 atom stereocenters. The molecule has 3 nitrogen and oxygen atoms in total. The minimum absolute atomic E-state index is 0.229. The van der Waals surface area contributed by atoms with Crippen molar-refractivity contribution in [3.63, 3.8) is 0 Å². The largest absolute Gasteiger partial charge is 0.494 e. The van der Waals surface area contributed by atoms with Gasteiger partial charge in [-0.05, 0) is 43.4 Å². The lowest BCUT2D eigenvalue weighted by molar-refractivity contribution is 0.237. The summed E-state index contributed by atoms with van der Waals surface area (Å²) < 4.78 is 5.59. The van der Waals surface area contributed by atoms with Gasteiger partial charge in [0.05, 0.1) is 6.61 Å². The smallest absolute Gasteiger partial charge is 0.119 e. The van der Waals surface area contributed by atoms with Gasteiger partial charge in [-0.1, -0.05) is 32.9 Å². The summed E-state index contributed by atoms with van der Waals surface area (Å²) in [6.45, 7) is 9.62. The Hall–Kier alpha value is -1.06. The van der Waals surface area contributed by atoms with Crippen LogP contribution in [-0.2, 0) is 0 Å². The van der Waals surface area contributed by atoms with Crippen LogP contribution >= 0.6 is 0 Å². The highest BCUT2D eigenvalue weighted by Crippen LogP contribution is 2.20. The van der Waals surface area contributed by atoms with Gasteiger partial charge in [0.1, 0.15) is 5.75 Å². The molecule has 0 aliphatic carbocycles. The predicted octanol–water partition coefficient (Wildman–Crippen LogP) is 3.53. The molecule has 0 spiro atoms. The lowest BCUT2D eigenvalue weighted by Gasteiger charge is -2.26. The Morgan fingerprint density at radius 1 is 1.15 bits per heavy atom. The summed E-state index contributed by atoms with van der Waals surface area (Å²) in [6.07, 6.45) is 1.82. The highest BCUT2D eigenvalue weighted by molar-refractivity contribution is 5.29. The van der Waals surface area contributed by atoms with E-state index in [1.54, 1.807) is 0 Å². The van der Waals surface area contributed by atoms with E-state index < -0.39 is 0 Å². The molecule has 0 saturated carbocycles. The zero-order valence-corrected chi connectivity index (χ0v) is 13.2. The first-order valence-electron chi connectivity index (χ1n) is 7.68. The molecule has 1 rings (SSSR count). The maximum Gasteiger partial charge on any atom is 0.119 e. The van der Waals surface area contributed by atoms with E-state index in [0.29, 0.717) is 12.0 Å². The van der Waals surface area contributed by atoms with E-state index in [1.165, 1.54) is 5.56 Å². The molecular formula is C17H29NO2. The van der Waals surface area contributed by atoms with Crippen LogP contribution in [0.1, 0.15) is 52.1 Å². The molecule has 1 aromatic carbocycles. The minimum Gasteiger partial charge on any atom is -0.494 e. The van der Waals surface area contributed by atoms with Crippen molar-refractivity contribution in [3.05, 3.63) is 29.8 Å². The monoisotopic (exact) mass is 279 g/mol. The number of aliphatic hydroxyl groups is 1. The molecule has 0 aliphatic heterocycles. The van der Waals surface area contributed by atoms with Gasteiger partial charge in [0.2, 0.25) is 0 Å². The summed E-state index contributed by atoms with van der Waals surface area (Å²) >= 11 is 0. The maximum absolute atomic E-state index is 9.13. The van der Waals surface area contributed by atoms with Crippen molar-refractivity contribution in [3.8, 4) is 5.75 Å². The molecule has 0 aromatic heterocycles. The van der Waals surface area contributed by atoms with Crippen LogP contribution in [0.3, 0.4) is 0 Å². The van der Waals surface area contributed by atoms with Crippen molar-refractivity contribution in [2.75, 3.05) is 13.2 Å². The Morgan fingerprint density at radius 3 is 2.30 bits per heavy atom. The molecule has 0 radical (unpaired) electrons. The second kappa shape index (κ2) is 8.98. The quantitative estimate of drug-likeness (QED) is 0.726. The molecule has 0 aliphatic rings. The zero-order valence-electron chi connectivity index (χ0n) is 13.2. The van der Waals surface area contributed by atoms with Crippen LogP contribution in [0.25, 0.3) is 0 Å². The Labute approximate surface area is 123 Å². The zero-order chi connectivity index (χ0) is 15.0. The number of benzene rings is 1. The van der Waals surface area contributed by atoms with Crippen LogP contribution in [0.5, 0.6) is 5.75 Å². The molecule has 20 heavy (non-hydrogen) atoms. The van der Waals surface area contributed by atoms with Gasteiger partial charge in [-0.15, -0.1) is 0 Å². The fraction of sp³-hybridized carbons (Fsp3) is 0.647. The Balaban J connectivity index is 2.59. The van der Waals surface area contributed by atoms with Gasteiger partial charge in [-0.3, -0.25) is 0 Å². The predicted molar refractivity (Wildman–Crippen MR) is 84.1 cm³/mol. The molecular weight excluding hydrogens is 250 g/mol. The van der Waals surface area contributed by atoms with E-state index >= 15 is 0 Å². The molecule has 3 heteroatoms. The molecule has 0 amide bonds. The third kappa shape index (κ3) is 5.51. The highest BCUT2D eigenvalue weighted by atomic mass is 16.5. The summed E-state index contributed by atoms with van der Waals surface area (Å²) in [4.78, 5) is 0. The van der Waals surface area contributed by atoms with Crippen molar-refractivity contribution in [1.82, 2.24) is 5.32 Å². The fourth-order valence-corrected chi connectivity index (χ4v) is 2.24. The SMILES string of the molecule is CCCOc1ccc(C(C)NC(CCO)C(C)C)cc1. The molecule has 0 saturated heterocycles. The maximum atomic E-state index is 9.13. The molecule has 2 N–H and O–H groups in total. The van der Waals surface area contributed by atoms with Gasteiger partial charge in [-0.25, -0.2) is 0 Å². The normalized spacial score (nSPS) is 14.3. The lowest BCUT2D eigenvalue weighted by Crippen LogP contribution is -2.36.